The molecule has 1 heterocycles. The standard InChI is InChI=1S/C13H17NOS/c1-3-16-8-7-10-9-14-11-5-4-6-12(15-2)13(10)11/h4-6,9,14H,3,7-8H2,1-2H3. The molecule has 86 valence electrons. The molecule has 0 bridgehead atoms. The van der Waals surface area contributed by atoms with Gasteiger partial charge in [0.15, 0.2) is 0 Å². The van der Waals surface area contributed by atoms with E-state index in [0.29, 0.717) is 0 Å². The molecule has 0 aliphatic heterocycles. The molecule has 0 atom stereocenters. The number of ether oxygens (including phenoxy) is 1. The van der Waals surface area contributed by atoms with E-state index >= 15 is 0 Å². The highest BCUT2D eigenvalue weighted by atomic mass is 32.2. The fourth-order valence-electron chi connectivity index (χ4n) is 1.91. The highest BCUT2D eigenvalue weighted by Crippen LogP contribution is 2.29. The lowest BCUT2D eigenvalue weighted by Crippen LogP contribution is -1.90. The first kappa shape index (κ1) is 11.4. The van der Waals surface area contributed by atoms with Gasteiger partial charge in [0.2, 0.25) is 0 Å². The average molecular weight is 235 g/mol. The zero-order valence-corrected chi connectivity index (χ0v) is 10.6. The van der Waals surface area contributed by atoms with Gasteiger partial charge in [-0.25, -0.2) is 0 Å². The van der Waals surface area contributed by atoms with Crippen LogP contribution in [0.5, 0.6) is 5.75 Å². The van der Waals surface area contributed by atoms with Crippen LogP contribution in [0.15, 0.2) is 24.4 Å². The summed E-state index contributed by atoms with van der Waals surface area (Å²) in [7, 11) is 1.73. The van der Waals surface area contributed by atoms with Crippen molar-refractivity contribution in [1.82, 2.24) is 4.98 Å². The molecule has 1 aromatic carbocycles. The van der Waals surface area contributed by atoms with Gasteiger partial charge in [0, 0.05) is 17.1 Å². The quantitative estimate of drug-likeness (QED) is 0.803. The third kappa shape index (κ3) is 2.19. The number of methoxy groups -OCH3 is 1. The summed E-state index contributed by atoms with van der Waals surface area (Å²) in [5.41, 5.74) is 2.52. The molecule has 2 aromatic rings. The third-order valence-electron chi connectivity index (χ3n) is 2.69. The van der Waals surface area contributed by atoms with Crippen molar-refractivity contribution in [2.75, 3.05) is 18.6 Å². The van der Waals surface area contributed by atoms with Crippen molar-refractivity contribution in [1.29, 1.82) is 0 Å². The minimum atomic E-state index is 0.968. The van der Waals surface area contributed by atoms with Crippen molar-refractivity contribution in [2.24, 2.45) is 0 Å². The van der Waals surface area contributed by atoms with E-state index in [4.69, 9.17) is 4.74 Å². The summed E-state index contributed by atoms with van der Waals surface area (Å²) in [5.74, 6) is 3.32. The molecule has 0 amide bonds. The third-order valence-corrected chi connectivity index (χ3v) is 3.59. The summed E-state index contributed by atoms with van der Waals surface area (Å²) < 4.78 is 5.41. The van der Waals surface area contributed by atoms with E-state index in [2.05, 4.69) is 24.2 Å². The molecule has 1 aromatic heterocycles. The van der Waals surface area contributed by atoms with Gasteiger partial charge in [0.05, 0.1) is 7.11 Å². The fraction of sp³-hybridized carbons (Fsp3) is 0.385. The number of hydrogen-bond acceptors (Lipinski definition) is 2. The molecule has 2 nitrogen and oxygen atoms in total. The molecule has 0 unspecified atom stereocenters. The van der Waals surface area contributed by atoms with E-state index in [0.717, 1.165) is 17.7 Å². The van der Waals surface area contributed by atoms with Gasteiger partial charge in [-0.05, 0) is 35.6 Å². The van der Waals surface area contributed by atoms with Crippen LogP contribution in [-0.2, 0) is 6.42 Å². The number of benzene rings is 1. The van der Waals surface area contributed by atoms with E-state index in [9.17, 15) is 0 Å². The second-order valence-electron chi connectivity index (χ2n) is 3.64. The molecule has 2 rings (SSSR count). The van der Waals surface area contributed by atoms with E-state index < -0.39 is 0 Å². The van der Waals surface area contributed by atoms with Crippen LogP contribution in [0.4, 0.5) is 0 Å². The molecule has 0 saturated heterocycles. The molecule has 1 N–H and O–H groups in total. The second kappa shape index (κ2) is 5.30. The lowest BCUT2D eigenvalue weighted by Gasteiger charge is -2.04. The predicted molar refractivity (Wildman–Crippen MR) is 71.6 cm³/mol. The Morgan fingerprint density at radius 2 is 2.25 bits per heavy atom. The molecule has 0 radical (unpaired) electrons. The van der Waals surface area contributed by atoms with Crippen LogP contribution in [0.25, 0.3) is 10.9 Å². The number of fused-ring (bicyclic) bond motifs is 1. The Morgan fingerprint density at radius 1 is 1.38 bits per heavy atom. The fourth-order valence-corrected chi connectivity index (χ4v) is 2.57. The number of aromatic amines is 1. The van der Waals surface area contributed by atoms with Gasteiger partial charge in [0.25, 0.3) is 0 Å². The number of H-pyrrole nitrogens is 1. The number of thioether (sulfide) groups is 1. The maximum atomic E-state index is 5.41. The zero-order valence-electron chi connectivity index (χ0n) is 9.75. The van der Waals surface area contributed by atoms with Crippen LogP contribution < -0.4 is 4.74 Å². The second-order valence-corrected chi connectivity index (χ2v) is 5.04. The van der Waals surface area contributed by atoms with E-state index in [1.165, 1.54) is 22.5 Å². The summed E-state index contributed by atoms with van der Waals surface area (Å²) in [4.78, 5) is 3.30. The SMILES string of the molecule is CCSCCc1c[nH]c2cccc(OC)c12. The van der Waals surface area contributed by atoms with Crippen molar-refractivity contribution in [3.63, 3.8) is 0 Å². The molecule has 0 fully saturated rings. The summed E-state index contributed by atoms with van der Waals surface area (Å²) in [6.07, 6.45) is 3.20. The Hall–Kier alpha value is -1.09. The lowest BCUT2D eigenvalue weighted by atomic mass is 10.1. The molecule has 3 heteroatoms. The van der Waals surface area contributed by atoms with Crippen LogP contribution in [0, 0.1) is 0 Å². The minimum absolute atomic E-state index is 0.968. The number of aryl methyl sites for hydroxylation is 1. The molecular weight excluding hydrogens is 218 g/mol. The molecule has 0 aliphatic carbocycles. The van der Waals surface area contributed by atoms with Crippen molar-refractivity contribution >= 4 is 22.7 Å². The highest BCUT2D eigenvalue weighted by Gasteiger charge is 2.08. The van der Waals surface area contributed by atoms with Crippen LogP contribution in [-0.4, -0.2) is 23.6 Å². The lowest BCUT2D eigenvalue weighted by molar-refractivity contribution is 0.419. The number of hydrogen-bond donors (Lipinski definition) is 1. The number of nitrogens with one attached hydrogen (secondary N) is 1. The van der Waals surface area contributed by atoms with Gasteiger partial charge in [-0.15, -0.1) is 0 Å². The largest absolute Gasteiger partial charge is 0.496 e. The molecule has 0 spiro atoms. The predicted octanol–water partition coefficient (Wildman–Crippen LogP) is 3.47. The van der Waals surface area contributed by atoms with Gasteiger partial charge in [-0.1, -0.05) is 13.0 Å². The van der Waals surface area contributed by atoms with Gasteiger partial charge in [0.1, 0.15) is 5.75 Å². The first-order valence-electron chi connectivity index (χ1n) is 5.57. The van der Waals surface area contributed by atoms with Crippen LogP contribution in [0.3, 0.4) is 0 Å². The highest BCUT2D eigenvalue weighted by molar-refractivity contribution is 7.99. The van der Waals surface area contributed by atoms with Gasteiger partial charge in [-0.3, -0.25) is 0 Å². The molecule has 16 heavy (non-hydrogen) atoms. The smallest absolute Gasteiger partial charge is 0.128 e. The van der Waals surface area contributed by atoms with E-state index in [1.54, 1.807) is 7.11 Å². The normalized spacial score (nSPS) is 10.9. The topological polar surface area (TPSA) is 25.0 Å². The Labute approximate surface area is 100 Å². The van der Waals surface area contributed by atoms with Gasteiger partial charge in [-0.2, -0.15) is 11.8 Å². The van der Waals surface area contributed by atoms with Crippen molar-refractivity contribution in [3.05, 3.63) is 30.0 Å². The van der Waals surface area contributed by atoms with Gasteiger partial charge < -0.3 is 9.72 Å². The molecule has 0 aliphatic rings. The van der Waals surface area contributed by atoms with E-state index in [1.807, 2.05) is 23.9 Å². The molecular formula is C13H17NOS. The Kier molecular flexibility index (Phi) is 3.78. The van der Waals surface area contributed by atoms with Crippen LogP contribution >= 0.6 is 11.8 Å². The van der Waals surface area contributed by atoms with E-state index in [-0.39, 0.29) is 0 Å². The van der Waals surface area contributed by atoms with Crippen molar-refractivity contribution in [3.8, 4) is 5.75 Å². The Bertz CT molecular complexity index is 464. The molecule has 0 saturated carbocycles. The minimum Gasteiger partial charge on any atom is -0.496 e. The van der Waals surface area contributed by atoms with Crippen molar-refractivity contribution in [2.45, 2.75) is 13.3 Å². The summed E-state index contributed by atoms with van der Waals surface area (Å²) in [5, 5.41) is 1.24. The Morgan fingerprint density at radius 3 is 3.00 bits per heavy atom. The monoisotopic (exact) mass is 235 g/mol. The maximum Gasteiger partial charge on any atom is 0.128 e. The summed E-state index contributed by atoms with van der Waals surface area (Å²) in [6.45, 7) is 2.19. The average Bonchev–Trinajstić information content (AvgIpc) is 2.73. The Balaban J connectivity index is 2.30. The first-order valence-corrected chi connectivity index (χ1v) is 6.73. The number of aromatic nitrogens is 1. The summed E-state index contributed by atoms with van der Waals surface area (Å²) >= 11 is 1.97. The summed E-state index contributed by atoms with van der Waals surface area (Å²) in [6, 6.07) is 6.13. The van der Waals surface area contributed by atoms with Gasteiger partial charge >= 0.3 is 0 Å². The number of rotatable bonds is 5. The van der Waals surface area contributed by atoms with Crippen LogP contribution in [0.2, 0.25) is 0 Å². The first-order chi connectivity index (χ1) is 7.86. The van der Waals surface area contributed by atoms with Crippen LogP contribution in [0.1, 0.15) is 12.5 Å². The maximum absolute atomic E-state index is 5.41. The van der Waals surface area contributed by atoms with Crippen molar-refractivity contribution < 1.29 is 4.74 Å². The zero-order chi connectivity index (χ0) is 11.4.